The summed E-state index contributed by atoms with van der Waals surface area (Å²) >= 11 is 3.17. The number of carbonyl (C=O) groups is 1. The first kappa shape index (κ1) is 17.4. The second kappa shape index (κ2) is 6.32. The Kier molecular flexibility index (Phi) is 4.41. The number of alkyl halides is 2. The average molecular weight is 416 g/mol. The fourth-order valence-electron chi connectivity index (χ4n) is 5.59. The minimum absolute atomic E-state index is 0.114. The van der Waals surface area contributed by atoms with Gasteiger partial charge in [-0.2, -0.15) is 5.10 Å². The third kappa shape index (κ3) is 2.92. The molecule has 1 amide bonds. The molecule has 4 fully saturated rings. The Labute approximate surface area is 154 Å². The van der Waals surface area contributed by atoms with Crippen LogP contribution in [0.15, 0.2) is 4.47 Å². The summed E-state index contributed by atoms with van der Waals surface area (Å²) in [6.45, 7) is 3.43. The normalized spacial score (nSPS) is 34.6. The summed E-state index contributed by atoms with van der Waals surface area (Å²) in [5, 5.41) is 7.22. The number of carbonyl (C=O) groups excluding carboxylic acids is 1. The second-order valence-electron chi connectivity index (χ2n) is 8.17. The number of hydrogen-bond donors (Lipinski definition) is 1. The van der Waals surface area contributed by atoms with Crippen LogP contribution in [0.3, 0.4) is 0 Å². The van der Waals surface area contributed by atoms with Crippen molar-refractivity contribution in [2.24, 2.45) is 23.7 Å². The molecule has 4 aliphatic carbocycles. The van der Waals surface area contributed by atoms with E-state index in [-0.39, 0.29) is 22.1 Å². The molecule has 0 saturated heterocycles. The lowest BCUT2D eigenvalue weighted by molar-refractivity contribution is -0.128. The highest BCUT2D eigenvalue weighted by Crippen LogP contribution is 2.53. The first-order valence-electron chi connectivity index (χ1n) is 9.18. The lowest BCUT2D eigenvalue weighted by atomic mass is 9.54. The molecule has 0 radical (unpaired) electrons. The van der Waals surface area contributed by atoms with Gasteiger partial charge in [-0.1, -0.05) is 0 Å². The van der Waals surface area contributed by atoms with Gasteiger partial charge in [-0.15, -0.1) is 0 Å². The number of nitrogens with zero attached hydrogens (tertiary/aromatic N) is 2. The summed E-state index contributed by atoms with van der Waals surface area (Å²) in [5.74, 6) is 2.78. The van der Waals surface area contributed by atoms with Gasteiger partial charge in [0.25, 0.3) is 6.43 Å². The third-order valence-corrected chi connectivity index (χ3v) is 7.57. The van der Waals surface area contributed by atoms with Crippen molar-refractivity contribution in [3.8, 4) is 0 Å². The molecule has 4 saturated carbocycles. The molecule has 0 aromatic carbocycles. The molecule has 25 heavy (non-hydrogen) atoms. The number of nitrogens with one attached hydrogen (secondary N) is 1. The monoisotopic (exact) mass is 415 g/mol. The van der Waals surface area contributed by atoms with Crippen LogP contribution in [0.25, 0.3) is 0 Å². The van der Waals surface area contributed by atoms with Gasteiger partial charge in [-0.05, 0) is 85.6 Å². The maximum absolute atomic E-state index is 13.0. The highest BCUT2D eigenvalue weighted by Gasteiger charge is 2.48. The molecule has 0 aliphatic heterocycles. The van der Waals surface area contributed by atoms with Crippen LogP contribution >= 0.6 is 15.9 Å². The predicted molar refractivity (Wildman–Crippen MR) is 93.3 cm³/mol. The largest absolute Gasteiger partial charge is 0.351 e. The van der Waals surface area contributed by atoms with Crippen LogP contribution < -0.4 is 5.32 Å². The first-order valence-corrected chi connectivity index (χ1v) is 9.97. The van der Waals surface area contributed by atoms with E-state index in [1.807, 2.05) is 0 Å². The Morgan fingerprint density at radius 1 is 1.20 bits per heavy atom. The van der Waals surface area contributed by atoms with Crippen molar-refractivity contribution >= 4 is 21.8 Å². The molecule has 1 aromatic rings. The van der Waals surface area contributed by atoms with E-state index < -0.39 is 12.5 Å². The standard InChI is InChI=1S/C18H24BrF2N3O/c1-8-14(19)16(17(20)21)23-24(8)9(2)18(25)22-15-12-4-10-3-11(6-12)7-13(15)5-10/h9-13,15,17H,3-7H2,1-2H3,(H,22,25). The number of rotatable bonds is 4. The Morgan fingerprint density at radius 3 is 2.24 bits per heavy atom. The molecule has 1 unspecified atom stereocenters. The smallest absolute Gasteiger partial charge is 0.283 e. The molecule has 0 spiro atoms. The fourth-order valence-corrected chi connectivity index (χ4v) is 6.03. The number of amides is 1. The lowest BCUT2D eigenvalue weighted by Crippen LogP contribution is -2.56. The van der Waals surface area contributed by atoms with Gasteiger partial charge in [0.05, 0.1) is 10.2 Å². The first-order chi connectivity index (χ1) is 11.8. The quantitative estimate of drug-likeness (QED) is 0.792. The molecule has 138 valence electrons. The van der Waals surface area contributed by atoms with Crippen LogP contribution in [0.4, 0.5) is 8.78 Å². The van der Waals surface area contributed by atoms with Crippen LogP contribution in [0.2, 0.25) is 0 Å². The van der Waals surface area contributed by atoms with E-state index >= 15 is 0 Å². The van der Waals surface area contributed by atoms with Gasteiger partial charge >= 0.3 is 0 Å². The number of hydrogen-bond acceptors (Lipinski definition) is 2. The van der Waals surface area contributed by atoms with Crippen molar-refractivity contribution in [1.82, 2.24) is 15.1 Å². The molecule has 5 rings (SSSR count). The van der Waals surface area contributed by atoms with E-state index in [0.29, 0.717) is 17.5 Å². The van der Waals surface area contributed by atoms with E-state index in [1.165, 1.54) is 36.8 Å². The molecule has 1 atom stereocenters. The van der Waals surface area contributed by atoms with Gasteiger partial charge in [0.1, 0.15) is 11.7 Å². The van der Waals surface area contributed by atoms with Gasteiger partial charge in [-0.3, -0.25) is 9.48 Å². The van der Waals surface area contributed by atoms with E-state index in [9.17, 15) is 13.6 Å². The van der Waals surface area contributed by atoms with Crippen molar-refractivity contribution in [2.45, 2.75) is 64.5 Å². The molecule has 4 bridgehead atoms. The van der Waals surface area contributed by atoms with Gasteiger partial charge in [0.2, 0.25) is 5.91 Å². The summed E-state index contributed by atoms with van der Waals surface area (Å²) in [4.78, 5) is 12.8. The summed E-state index contributed by atoms with van der Waals surface area (Å²) < 4.78 is 27.8. The van der Waals surface area contributed by atoms with Gasteiger partial charge in [0, 0.05) is 6.04 Å². The fraction of sp³-hybridized carbons (Fsp3) is 0.778. The molecule has 7 heteroatoms. The zero-order valence-electron chi connectivity index (χ0n) is 14.5. The van der Waals surface area contributed by atoms with Crippen LogP contribution in [0.5, 0.6) is 0 Å². The summed E-state index contributed by atoms with van der Waals surface area (Å²) in [7, 11) is 0. The van der Waals surface area contributed by atoms with E-state index in [0.717, 1.165) is 11.8 Å². The minimum Gasteiger partial charge on any atom is -0.351 e. The second-order valence-corrected chi connectivity index (χ2v) is 8.96. The van der Waals surface area contributed by atoms with Crippen molar-refractivity contribution in [3.63, 3.8) is 0 Å². The molecular formula is C18H24BrF2N3O. The zero-order chi connectivity index (χ0) is 17.9. The highest BCUT2D eigenvalue weighted by molar-refractivity contribution is 9.10. The SMILES string of the molecule is Cc1c(Br)c(C(F)F)nn1C(C)C(=O)NC1C2CC3CC(C2)CC1C3. The number of halogens is 3. The zero-order valence-corrected chi connectivity index (χ0v) is 16.1. The Morgan fingerprint density at radius 2 is 1.76 bits per heavy atom. The van der Waals surface area contributed by atoms with Gasteiger partial charge in [0.15, 0.2) is 0 Å². The molecule has 4 aliphatic rings. The number of aromatic nitrogens is 2. The van der Waals surface area contributed by atoms with E-state index in [1.54, 1.807) is 13.8 Å². The molecule has 1 aromatic heterocycles. The van der Waals surface area contributed by atoms with E-state index in [4.69, 9.17) is 0 Å². The van der Waals surface area contributed by atoms with Crippen molar-refractivity contribution in [3.05, 3.63) is 15.9 Å². The van der Waals surface area contributed by atoms with Crippen LogP contribution in [-0.2, 0) is 4.79 Å². The maximum Gasteiger partial charge on any atom is 0.283 e. The van der Waals surface area contributed by atoms with Crippen molar-refractivity contribution < 1.29 is 13.6 Å². The Hall–Kier alpha value is -0.980. The average Bonchev–Trinajstić information content (AvgIpc) is 2.85. The third-order valence-electron chi connectivity index (χ3n) is 6.59. The topological polar surface area (TPSA) is 46.9 Å². The van der Waals surface area contributed by atoms with Crippen molar-refractivity contribution in [2.75, 3.05) is 0 Å². The van der Waals surface area contributed by atoms with Crippen LogP contribution in [0.1, 0.15) is 62.9 Å². The summed E-state index contributed by atoms with van der Waals surface area (Å²) in [6, 6.07) is -0.349. The molecule has 4 nitrogen and oxygen atoms in total. The summed E-state index contributed by atoms with van der Waals surface area (Å²) in [5.41, 5.74) is 0.259. The lowest BCUT2D eigenvalue weighted by Gasteiger charge is -2.54. The molecule has 1 heterocycles. The maximum atomic E-state index is 13.0. The predicted octanol–water partition coefficient (Wildman–Crippen LogP) is 4.39. The van der Waals surface area contributed by atoms with E-state index in [2.05, 4.69) is 26.3 Å². The van der Waals surface area contributed by atoms with Crippen molar-refractivity contribution in [1.29, 1.82) is 0 Å². The highest BCUT2D eigenvalue weighted by atomic mass is 79.9. The summed E-state index contributed by atoms with van der Waals surface area (Å²) in [6.07, 6.45) is 3.64. The van der Waals surface area contributed by atoms with Crippen LogP contribution in [0, 0.1) is 30.6 Å². The Bertz CT molecular complexity index is 662. The van der Waals surface area contributed by atoms with Crippen LogP contribution in [-0.4, -0.2) is 21.7 Å². The molecular weight excluding hydrogens is 392 g/mol. The minimum atomic E-state index is -2.66. The Balaban J connectivity index is 1.49. The van der Waals surface area contributed by atoms with Gasteiger partial charge < -0.3 is 5.32 Å². The van der Waals surface area contributed by atoms with Gasteiger partial charge in [-0.25, -0.2) is 8.78 Å². The molecule has 1 N–H and O–H groups in total.